The maximum Gasteiger partial charge on any atom is 0.325 e. The number of hydrogen-bond donors (Lipinski definition) is 1. The number of carbonyl (C=O) groups is 1. The first-order valence-corrected chi connectivity index (χ1v) is 6.02. The van der Waals surface area contributed by atoms with Crippen LogP contribution < -0.4 is 5.32 Å². The molecule has 0 aromatic rings. The van der Waals surface area contributed by atoms with Crippen molar-refractivity contribution in [3.63, 3.8) is 0 Å². The zero-order valence-electron chi connectivity index (χ0n) is 11.0. The third-order valence-corrected chi connectivity index (χ3v) is 2.59. The van der Waals surface area contributed by atoms with Crippen molar-refractivity contribution in [1.82, 2.24) is 5.32 Å². The fourth-order valence-electron chi connectivity index (χ4n) is 1.50. The van der Waals surface area contributed by atoms with E-state index < -0.39 is 5.54 Å². The van der Waals surface area contributed by atoms with Gasteiger partial charge in [-0.05, 0) is 26.3 Å². The number of carbonyl (C=O) groups excluding carboxylic acids is 1. The Labute approximate surface area is 98.7 Å². The first-order chi connectivity index (χ1) is 7.60. The van der Waals surface area contributed by atoms with Crippen LogP contribution in [0.5, 0.6) is 0 Å². The standard InChI is InChI=1S/C12H25NO3/c1-5-7-9-16-10-8-12(3,13-6-2)11(14)15-4/h13H,5-10H2,1-4H3. The van der Waals surface area contributed by atoms with E-state index in [0.29, 0.717) is 13.0 Å². The van der Waals surface area contributed by atoms with Crippen LogP contribution in [0.3, 0.4) is 0 Å². The number of hydrogen-bond acceptors (Lipinski definition) is 4. The molecule has 0 fully saturated rings. The van der Waals surface area contributed by atoms with E-state index in [4.69, 9.17) is 9.47 Å². The van der Waals surface area contributed by atoms with Crippen LogP contribution in [0.1, 0.15) is 40.0 Å². The highest BCUT2D eigenvalue weighted by atomic mass is 16.5. The number of ether oxygens (including phenoxy) is 2. The van der Waals surface area contributed by atoms with Crippen LogP contribution in [0.4, 0.5) is 0 Å². The number of methoxy groups -OCH3 is 1. The van der Waals surface area contributed by atoms with Crippen LogP contribution in [0.2, 0.25) is 0 Å². The van der Waals surface area contributed by atoms with Crippen molar-refractivity contribution >= 4 is 5.97 Å². The minimum absolute atomic E-state index is 0.228. The molecule has 0 aliphatic heterocycles. The molecule has 0 saturated carbocycles. The molecule has 0 aromatic carbocycles. The molecule has 0 spiro atoms. The first kappa shape index (κ1) is 15.4. The van der Waals surface area contributed by atoms with Crippen molar-refractivity contribution < 1.29 is 14.3 Å². The van der Waals surface area contributed by atoms with Crippen LogP contribution in [0, 0.1) is 0 Å². The molecule has 0 heterocycles. The second-order valence-corrected chi connectivity index (χ2v) is 4.07. The zero-order valence-corrected chi connectivity index (χ0v) is 11.0. The molecule has 0 aromatic heterocycles. The molecule has 1 atom stereocenters. The molecule has 0 amide bonds. The molecule has 16 heavy (non-hydrogen) atoms. The van der Waals surface area contributed by atoms with E-state index in [2.05, 4.69) is 12.2 Å². The lowest BCUT2D eigenvalue weighted by atomic mass is 9.98. The number of esters is 1. The fourth-order valence-corrected chi connectivity index (χ4v) is 1.50. The highest BCUT2D eigenvalue weighted by Crippen LogP contribution is 2.12. The highest BCUT2D eigenvalue weighted by molar-refractivity contribution is 5.80. The molecule has 4 nitrogen and oxygen atoms in total. The van der Waals surface area contributed by atoms with Crippen LogP contribution in [0.25, 0.3) is 0 Å². The molecule has 0 rings (SSSR count). The Kier molecular flexibility index (Phi) is 8.21. The number of rotatable bonds is 9. The molecule has 0 radical (unpaired) electrons. The van der Waals surface area contributed by atoms with Crippen molar-refractivity contribution in [3.8, 4) is 0 Å². The Balaban J connectivity index is 3.97. The van der Waals surface area contributed by atoms with Crippen molar-refractivity contribution in [1.29, 1.82) is 0 Å². The minimum atomic E-state index is -0.629. The van der Waals surface area contributed by atoms with Gasteiger partial charge in [-0.2, -0.15) is 0 Å². The Morgan fingerprint density at radius 2 is 2.00 bits per heavy atom. The monoisotopic (exact) mass is 231 g/mol. The summed E-state index contributed by atoms with van der Waals surface area (Å²) in [7, 11) is 1.41. The van der Waals surface area contributed by atoms with Crippen molar-refractivity contribution in [2.24, 2.45) is 0 Å². The van der Waals surface area contributed by atoms with E-state index in [1.165, 1.54) is 7.11 Å². The average Bonchev–Trinajstić information content (AvgIpc) is 2.28. The average molecular weight is 231 g/mol. The summed E-state index contributed by atoms with van der Waals surface area (Å²) in [6.07, 6.45) is 2.83. The van der Waals surface area contributed by atoms with Crippen molar-refractivity contribution in [3.05, 3.63) is 0 Å². The van der Waals surface area contributed by atoms with Gasteiger partial charge < -0.3 is 14.8 Å². The largest absolute Gasteiger partial charge is 0.468 e. The van der Waals surface area contributed by atoms with E-state index in [1.807, 2.05) is 13.8 Å². The molecular formula is C12H25NO3. The predicted octanol–water partition coefficient (Wildman–Crippen LogP) is 1.73. The van der Waals surface area contributed by atoms with Gasteiger partial charge in [0, 0.05) is 13.2 Å². The lowest BCUT2D eigenvalue weighted by molar-refractivity contribution is -0.148. The number of unbranched alkanes of at least 4 members (excludes halogenated alkanes) is 1. The smallest absolute Gasteiger partial charge is 0.325 e. The highest BCUT2D eigenvalue weighted by Gasteiger charge is 2.32. The number of likely N-dealkylation sites (N-methyl/N-ethyl adjacent to an activating group) is 1. The van der Waals surface area contributed by atoms with Gasteiger partial charge in [0.15, 0.2) is 0 Å². The Hall–Kier alpha value is -0.610. The Morgan fingerprint density at radius 1 is 1.31 bits per heavy atom. The minimum Gasteiger partial charge on any atom is -0.468 e. The maximum absolute atomic E-state index is 11.6. The summed E-state index contributed by atoms with van der Waals surface area (Å²) in [6.45, 7) is 8.03. The van der Waals surface area contributed by atoms with E-state index >= 15 is 0 Å². The lowest BCUT2D eigenvalue weighted by Gasteiger charge is -2.27. The third kappa shape index (κ3) is 5.47. The van der Waals surface area contributed by atoms with Crippen LogP contribution in [-0.4, -0.2) is 38.4 Å². The Bertz CT molecular complexity index is 197. The zero-order chi connectivity index (χ0) is 12.4. The van der Waals surface area contributed by atoms with Crippen molar-refractivity contribution in [2.75, 3.05) is 26.9 Å². The molecule has 0 saturated heterocycles. The van der Waals surface area contributed by atoms with Gasteiger partial charge in [0.25, 0.3) is 0 Å². The van der Waals surface area contributed by atoms with Gasteiger partial charge in [-0.3, -0.25) is 4.79 Å². The molecule has 4 heteroatoms. The van der Waals surface area contributed by atoms with E-state index in [1.54, 1.807) is 0 Å². The van der Waals surface area contributed by atoms with Crippen LogP contribution >= 0.6 is 0 Å². The summed E-state index contributed by atoms with van der Waals surface area (Å²) in [5, 5.41) is 3.15. The van der Waals surface area contributed by atoms with Gasteiger partial charge in [0.05, 0.1) is 7.11 Å². The molecule has 1 N–H and O–H groups in total. The van der Waals surface area contributed by atoms with Gasteiger partial charge in [-0.1, -0.05) is 20.3 Å². The summed E-state index contributed by atoms with van der Waals surface area (Å²) >= 11 is 0. The quantitative estimate of drug-likeness (QED) is 0.485. The van der Waals surface area contributed by atoms with Gasteiger partial charge >= 0.3 is 5.97 Å². The van der Waals surface area contributed by atoms with Gasteiger partial charge in [0.2, 0.25) is 0 Å². The van der Waals surface area contributed by atoms with E-state index in [0.717, 1.165) is 26.0 Å². The molecule has 0 aliphatic rings. The van der Waals surface area contributed by atoms with Crippen LogP contribution in [0.15, 0.2) is 0 Å². The molecule has 0 bridgehead atoms. The third-order valence-electron chi connectivity index (χ3n) is 2.59. The van der Waals surface area contributed by atoms with Gasteiger partial charge in [-0.25, -0.2) is 0 Å². The van der Waals surface area contributed by atoms with E-state index in [9.17, 15) is 4.79 Å². The van der Waals surface area contributed by atoms with Crippen molar-refractivity contribution in [2.45, 2.75) is 45.6 Å². The second-order valence-electron chi connectivity index (χ2n) is 4.07. The van der Waals surface area contributed by atoms with E-state index in [-0.39, 0.29) is 5.97 Å². The lowest BCUT2D eigenvalue weighted by Crippen LogP contribution is -2.50. The molecule has 0 aliphatic carbocycles. The summed E-state index contributed by atoms with van der Waals surface area (Å²) in [5.74, 6) is -0.228. The number of nitrogens with one attached hydrogen (secondary N) is 1. The van der Waals surface area contributed by atoms with Gasteiger partial charge in [-0.15, -0.1) is 0 Å². The Morgan fingerprint density at radius 3 is 2.50 bits per heavy atom. The second kappa shape index (κ2) is 8.53. The summed E-state index contributed by atoms with van der Waals surface area (Å²) in [6, 6.07) is 0. The summed E-state index contributed by atoms with van der Waals surface area (Å²) < 4.78 is 10.3. The molecular weight excluding hydrogens is 206 g/mol. The normalized spacial score (nSPS) is 14.5. The topological polar surface area (TPSA) is 47.6 Å². The fraction of sp³-hybridized carbons (Fsp3) is 0.917. The molecule has 96 valence electrons. The molecule has 1 unspecified atom stereocenters. The summed E-state index contributed by atoms with van der Waals surface area (Å²) in [5.41, 5.74) is -0.629. The predicted molar refractivity (Wildman–Crippen MR) is 64.4 cm³/mol. The first-order valence-electron chi connectivity index (χ1n) is 6.02. The SMILES string of the molecule is CCCCOCCC(C)(NCC)C(=O)OC. The van der Waals surface area contributed by atoms with Gasteiger partial charge in [0.1, 0.15) is 5.54 Å². The summed E-state index contributed by atoms with van der Waals surface area (Å²) in [4.78, 5) is 11.6. The maximum atomic E-state index is 11.6. The van der Waals surface area contributed by atoms with Crippen LogP contribution in [-0.2, 0) is 14.3 Å².